The van der Waals surface area contributed by atoms with Crippen molar-refractivity contribution in [3.63, 3.8) is 0 Å². The van der Waals surface area contributed by atoms with Gasteiger partial charge in [-0.25, -0.2) is 4.79 Å². The number of hydrogen-bond acceptors (Lipinski definition) is 4. The maximum absolute atomic E-state index is 12.0. The number of carbonyl (C=O) groups is 1. The summed E-state index contributed by atoms with van der Waals surface area (Å²) in [6.07, 6.45) is 0. The first-order chi connectivity index (χ1) is 9.45. The van der Waals surface area contributed by atoms with Crippen molar-refractivity contribution < 1.29 is 14.1 Å². The molecule has 0 aliphatic heterocycles. The third-order valence-corrected chi connectivity index (χ3v) is 3.64. The minimum absolute atomic E-state index is 0.234. The Morgan fingerprint density at radius 2 is 2.00 bits per heavy atom. The molecule has 0 amide bonds. The number of aryl methyl sites for hydroxylation is 1. The number of halogens is 3. The van der Waals surface area contributed by atoms with Crippen LogP contribution in [0.25, 0.3) is 11.3 Å². The van der Waals surface area contributed by atoms with E-state index in [9.17, 15) is 4.79 Å². The van der Waals surface area contributed by atoms with Crippen LogP contribution in [0.15, 0.2) is 21.1 Å². The molecule has 0 radical (unpaired) electrons. The zero-order chi connectivity index (χ0) is 14.9. The van der Waals surface area contributed by atoms with Crippen LogP contribution in [-0.2, 0) is 4.74 Å². The lowest BCUT2D eigenvalue weighted by molar-refractivity contribution is 0.0525. The minimum Gasteiger partial charge on any atom is -0.462 e. The van der Waals surface area contributed by atoms with E-state index in [0.717, 1.165) is 4.47 Å². The molecule has 0 unspecified atom stereocenters. The summed E-state index contributed by atoms with van der Waals surface area (Å²) in [5, 5.41) is 4.61. The van der Waals surface area contributed by atoms with Crippen molar-refractivity contribution in [2.75, 3.05) is 6.61 Å². The van der Waals surface area contributed by atoms with Crippen molar-refractivity contribution in [3.8, 4) is 11.3 Å². The van der Waals surface area contributed by atoms with Gasteiger partial charge in [0.05, 0.1) is 16.7 Å². The highest BCUT2D eigenvalue weighted by Crippen LogP contribution is 2.39. The van der Waals surface area contributed by atoms with Gasteiger partial charge in [-0.15, -0.1) is 0 Å². The first kappa shape index (κ1) is 15.4. The second kappa shape index (κ2) is 6.16. The molecule has 0 bridgehead atoms. The molecule has 2 aromatic rings. The molecule has 0 aliphatic carbocycles. The number of carbonyl (C=O) groups excluding carboxylic acids is 1. The van der Waals surface area contributed by atoms with Gasteiger partial charge in [-0.1, -0.05) is 44.3 Å². The molecular formula is C13H10BrCl2NO3. The molecule has 0 spiro atoms. The number of aromatic nitrogens is 1. The predicted molar refractivity (Wildman–Crippen MR) is 80.4 cm³/mol. The third kappa shape index (κ3) is 2.85. The lowest BCUT2D eigenvalue weighted by Crippen LogP contribution is -2.06. The summed E-state index contributed by atoms with van der Waals surface area (Å²) < 4.78 is 10.8. The SMILES string of the molecule is CCOC(=O)c1c(-c2c(Cl)cc(Br)cc2Cl)noc1C. The Morgan fingerprint density at radius 3 is 2.55 bits per heavy atom. The van der Waals surface area contributed by atoms with Crippen LogP contribution >= 0.6 is 39.1 Å². The molecule has 0 saturated carbocycles. The molecule has 1 aromatic carbocycles. The zero-order valence-electron chi connectivity index (χ0n) is 10.7. The largest absolute Gasteiger partial charge is 0.462 e. The maximum Gasteiger partial charge on any atom is 0.344 e. The Hall–Kier alpha value is -1.04. The van der Waals surface area contributed by atoms with Gasteiger partial charge in [0.1, 0.15) is 17.0 Å². The summed E-state index contributed by atoms with van der Waals surface area (Å²) in [5.41, 5.74) is 0.956. The van der Waals surface area contributed by atoms with Gasteiger partial charge in [-0.2, -0.15) is 0 Å². The van der Waals surface area contributed by atoms with Crippen LogP contribution in [0.4, 0.5) is 0 Å². The van der Waals surface area contributed by atoms with Crippen LogP contribution in [0.1, 0.15) is 23.0 Å². The van der Waals surface area contributed by atoms with E-state index in [4.69, 9.17) is 32.5 Å². The molecule has 1 heterocycles. The summed E-state index contributed by atoms with van der Waals surface area (Å²) in [6, 6.07) is 3.34. The molecule has 2 rings (SSSR count). The van der Waals surface area contributed by atoms with Crippen LogP contribution in [0.2, 0.25) is 10.0 Å². The fourth-order valence-electron chi connectivity index (χ4n) is 1.75. The Balaban J connectivity index is 2.63. The van der Waals surface area contributed by atoms with Crippen LogP contribution in [0, 0.1) is 6.92 Å². The standard InChI is InChI=1S/C13H10BrCl2NO3/c1-3-19-13(18)10-6(2)20-17-12(10)11-8(15)4-7(14)5-9(11)16/h4-5H,3H2,1-2H3. The summed E-state index contributed by atoms with van der Waals surface area (Å²) in [5.74, 6) is -0.162. The summed E-state index contributed by atoms with van der Waals surface area (Å²) in [7, 11) is 0. The van der Waals surface area contributed by atoms with Crippen molar-refractivity contribution in [1.82, 2.24) is 5.16 Å². The van der Waals surface area contributed by atoms with Crippen molar-refractivity contribution in [1.29, 1.82) is 0 Å². The number of rotatable bonds is 3. The molecule has 4 nitrogen and oxygen atoms in total. The van der Waals surface area contributed by atoms with Gasteiger partial charge in [0.25, 0.3) is 0 Å². The smallest absolute Gasteiger partial charge is 0.344 e. The average molecular weight is 379 g/mol. The Morgan fingerprint density at radius 1 is 1.40 bits per heavy atom. The molecule has 1 aromatic heterocycles. The normalized spacial score (nSPS) is 10.7. The number of esters is 1. The van der Waals surface area contributed by atoms with Gasteiger partial charge in [0.2, 0.25) is 0 Å². The van der Waals surface area contributed by atoms with Crippen molar-refractivity contribution in [2.45, 2.75) is 13.8 Å². The van der Waals surface area contributed by atoms with Crippen LogP contribution < -0.4 is 0 Å². The fraction of sp³-hybridized carbons (Fsp3) is 0.231. The average Bonchev–Trinajstić information content (AvgIpc) is 2.70. The predicted octanol–water partition coefficient (Wildman–Crippen LogP) is 4.90. The van der Waals surface area contributed by atoms with E-state index >= 15 is 0 Å². The number of hydrogen-bond donors (Lipinski definition) is 0. The van der Waals surface area contributed by atoms with E-state index < -0.39 is 5.97 Å². The van der Waals surface area contributed by atoms with Crippen LogP contribution in [-0.4, -0.2) is 17.7 Å². The molecular weight excluding hydrogens is 369 g/mol. The highest BCUT2D eigenvalue weighted by atomic mass is 79.9. The molecule has 0 N–H and O–H groups in total. The van der Waals surface area contributed by atoms with E-state index in [-0.39, 0.29) is 17.9 Å². The molecule has 0 atom stereocenters. The number of benzene rings is 1. The summed E-state index contributed by atoms with van der Waals surface area (Å²) in [4.78, 5) is 12.0. The Bertz CT molecular complexity index is 647. The molecule has 20 heavy (non-hydrogen) atoms. The van der Waals surface area contributed by atoms with Crippen molar-refractivity contribution in [3.05, 3.63) is 38.0 Å². The Labute approximate surface area is 134 Å². The topological polar surface area (TPSA) is 52.3 Å². The quantitative estimate of drug-likeness (QED) is 0.713. The van der Waals surface area contributed by atoms with Gasteiger partial charge in [-0.3, -0.25) is 0 Å². The third-order valence-electron chi connectivity index (χ3n) is 2.59. The van der Waals surface area contributed by atoms with Gasteiger partial charge in [-0.05, 0) is 26.0 Å². The molecule has 106 valence electrons. The van der Waals surface area contributed by atoms with E-state index in [1.165, 1.54) is 0 Å². The van der Waals surface area contributed by atoms with Crippen LogP contribution in [0.3, 0.4) is 0 Å². The van der Waals surface area contributed by atoms with Crippen molar-refractivity contribution in [2.24, 2.45) is 0 Å². The Kier molecular flexibility index (Phi) is 4.73. The van der Waals surface area contributed by atoms with Gasteiger partial charge >= 0.3 is 5.97 Å². The molecule has 0 fully saturated rings. The number of nitrogens with zero attached hydrogens (tertiary/aromatic N) is 1. The second-order valence-electron chi connectivity index (χ2n) is 3.93. The maximum atomic E-state index is 12.0. The summed E-state index contributed by atoms with van der Waals surface area (Å²) in [6.45, 7) is 3.61. The highest BCUT2D eigenvalue weighted by molar-refractivity contribution is 9.10. The van der Waals surface area contributed by atoms with E-state index in [1.54, 1.807) is 26.0 Å². The fourth-order valence-corrected chi connectivity index (χ4v) is 3.14. The van der Waals surface area contributed by atoms with Gasteiger partial charge in [0.15, 0.2) is 0 Å². The lowest BCUT2D eigenvalue weighted by atomic mass is 10.1. The zero-order valence-corrected chi connectivity index (χ0v) is 13.8. The first-order valence-corrected chi connectivity index (χ1v) is 7.28. The van der Waals surface area contributed by atoms with Crippen LogP contribution in [0.5, 0.6) is 0 Å². The van der Waals surface area contributed by atoms with Crippen molar-refractivity contribution >= 4 is 45.1 Å². The highest BCUT2D eigenvalue weighted by Gasteiger charge is 2.26. The second-order valence-corrected chi connectivity index (χ2v) is 5.66. The van der Waals surface area contributed by atoms with Gasteiger partial charge < -0.3 is 9.26 Å². The van der Waals surface area contributed by atoms with E-state index in [1.807, 2.05) is 0 Å². The van der Waals surface area contributed by atoms with E-state index in [2.05, 4.69) is 21.1 Å². The van der Waals surface area contributed by atoms with Gasteiger partial charge in [0, 0.05) is 10.0 Å². The summed E-state index contributed by atoms with van der Waals surface area (Å²) >= 11 is 15.7. The molecule has 7 heteroatoms. The molecule has 0 aliphatic rings. The van der Waals surface area contributed by atoms with E-state index in [0.29, 0.717) is 21.4 Å². The molecule has 0 saturated heterocycles. The minimum atomic E-state index is -0.517. The monoisotopic (exact) mass is 377 g/mol. The first-order valence-electron chi connectivity index (χ1n) is 5.74. The number of ether oxygens (including phenoxy) is 1. The lowest BCUT2D eigenvalue weighted by Gasteiger charge is -2.07.